The van der Waals surface area contributed by atoms with E-state index in [1.54, 1.807) is 0 Å². The normalized spacial score (nSPS) is 16.9. The van der Waals surface area contributed by atoms with Gasteiger partial charge in [0.2, 0.25) is 5.91 Å². The quantitative estimate of drug-likeness (QED) is 0.0297. The Hall–Kier alpha value is -3.72. The topological polar surface area (TPSA) is 204 Å². The summed E-state index contributed by atoms with van der Waals surface area (Å²) in [6.45, 7) is 2.56. The number of benzene rings is 1. The van der Waals surface area contributed by atoms with Crippen molar-refractivity contribution in [3.63, 3.8) is 0 Å². The number of aromatic nitrogens is 2. The van der Waals surface area contributed by atoms with Gasteiger partial charge in [-0.3, -0.25) is 24.0 Å². The van der Waals surface area contributed by atoms with Gasteiger partial charge in [0.15, 0.2) is 0 Å². The third-order valence-corrected chi connectivity index (χ3v) is 11.8. The summed E-state index contributed by atoms with van der Waals surface area (Å²) >= 11 is 11.7. The van der Waals surface area contributed by atoms with Crippen LogP contribution < -0.4 is 21.3 Å². The standard InChI is InChI=1S/C34H51N4O6PS.C6H4Cl2NO4P/c1-3-4-5-6-7-8-9-10-11-12-13-14-15-16-17-18-19-20-21-23-31(39)36-25-22-27-45(41,42-2)43-28-33-44-32(29-46-33)38-26-24-30(35)37-34(38)40;7-14(8,12)13-6-3-1-5(2-4-6)9(10)11/h4-5,7-8,10-11,13-14,16-17,19-20,24,26,32-33H,3,6,9,12,15,18,21-23,25,27-29H2,1-2H3,(H,36,39)(H2,35,37,40);1-4H/b5-4-,8-7-,11-10-,14-13-,17-16-,20-19-;/t32?,33-,45?;/m1./s1. The molecule has 0 bridgehead atoms. The Kier molecular flexibility index (Phi) is 26.5. The highest BCUT2D eigenvalue weighted by Gasteiger charge is 2.31. The Morgan fingerprint density at radius 1 is 0.983 bits per heavy atom. The molecule has 0 saturated carbocycles. The van der Waals surface area contributed by atoms with Crippen molar-refractivity contribution in [1.82, 2.24) is 14.9 Å². The van der Waals surface area contributed by atoms with Crippen LogP contribution >= 0.6 is 47.9 Å². The van der Waals surface area contributed by atoms with Crippen molar-refractivity contribution in [3.05, 3.63) is 130 Å². The smallest absolute Gasteiger partial charge is 0.422 e. The number of carbonyl (C=O) groups is 1. The molecule has 1 fully saturated rings. The van der Waals surface area contributed by atoms with Crippen LogP contribution in [0.4, 0.5) is 11.5 Å². The molecule has 3 atom stereocenters. The number of carbonyl (C=O) groups excluding carboxylic acids is 1. The molecule has 330 valence electrons. The summed E-state index contributed by atoms with van der Waals surface area (Å²) in [6, 6.07) is 6.44. The number of hydrogen-bond donors (Lipinski definition) is 2. The molecule has 0 radical (unpaired) electrons. The zero-order chi connectivity index (χ0) is 44.1. The van der Waals surface area contributed by atoms with Crippen LogP contribution in [0.15, 0.2) is 114 Å². The van der Waals surface area contributed by atoms with Crippen molar-refractivity contribution in [1.29, 1.82) is 0 Å². The van der Waals surface area contributed by atoms with Crippen LogP contribution in [0.2, 0.25) is 0 Å². The lowest BCUT2D eigenvalue weighted by Gasteiger charge is -2.19. The average Bonchev–Trinajstić information content (AvgIpc) is 3.68. The summed E-state index contributed by atoms with van der Waals surface area (Å²) < 4.78 is 46.3. The third-order valence-electron chi connectivity index (χ3n) is 7.91. The molecule has 1 aromatic carbocycles. The van der Waals surface area contributed by atoms with Crippen molar-refractivity contribution in [3.8, 4) is 5.75 Å². The summed E-state index contributed by atoms with van der Waals surface area (Å²) in [6.07, 6.45) is 30.7. The Bertz CT molecular complexity index is 1940. The molecule has 0 aliphatic carbocycles. The lowest BCUT2D eigenvalue weighted by Crippen LogP contribution is -2.28. The van der Waals surface area contributed by atoms with Gasteiger partial charge in [-0.15, -0.1) is 11.8 Å². The molecule has 3 N–H and O–H groups in total. The maximum absolute atomic E-state index is 13.0. The van der Waals surface area contributed by atoms with Gasteiger partial charge in [-0.25, -0.2) is 9.36 Å². The van der Waals surface area contributed by atoms with Crippen LogP contribution in [-0.2, 0) is 27.7 Å². The Balaban J connectivity index is 0.000000745. The minimum atomic E-state index is -3.65. The largest absolute Gasteiger partial charge is 0.428 e. The highest BCUT2D eigenvalue weighted by molar-refractivity contribution is 8.05. The molecule has 15 nitrogen and oxygen atoms in total. The molecule has 1 aromatic heterocycles. The first-order chi connectivity index (χ1) is 28.7. The number of nitro benzene ring substituents is 1. The van der Waals surface area contributed by atoms with Crippen LogP contribution in [0.5, 0.6) is 5.75 Å². The van der Waals surface area contributed by atoms with E-state index >= 15 is 0 Å². The SMILES string of the molecule is CC/C=C\C/C=C\C/C=C\C/C=C\C/C=C\C/C=C\CCC(=O)NCCCP(=O)(OC)OC[C@@H]1OC(n2ccc(N)nc2=O)CS1.O=[N+]([O-])c1ccc(OP(=O)(Cl)Cl)cc1. The lowest BCUT2D eigenvalue weighted by molar-refractivity contribution is -0.384. The van der Waals surface area contributed by atoms with E-state index in [1.165, 1.54) is 60.0 Å². The van der Waals surface area contributed by atoms with E-state index in [0.717, 1.165) is 38.5 Å². The third kappa shape index (κ3) is 24.5. The number of halogens is 2. The molecule has 2 heterocycles. The first-order valence-corrected chi connectivity index (χ1v) is 25.5. The zero-order valence-electron chi connectivity index (χ0n) is 33.8. The molecule has 20 heteroatoms. The van der Waals surface area contributed by atoms with Gasteiger partial charge >= 0.3 is 19.4 Å². The minimum Gasteiger partial charge on any atom is -0.422 e. The summed E-state index contributed by atoms with van der Waals surface area (Å²) in [5.74, 6) is 0.723. The predicted molar refractivity (Wildman–Crippen MR) is 243 cm³/mol. The van der Waals surface area contributed by atoms with E-state index in [2.05, 4.69) is 88.6 Å². The molecule has 2 aromatic rings. The zero-order valence-corrected chi connectivity index (χ0v) is 37.9. The number of nitrogens with one attached hydrogen (secondary N) is 1. The number of ether oxygens (including phenoxy) is 1. The lowest BCUT2D eigenvalue weighted by atomic mass is 10.2. The van der Waals surface area contributed by atoms with E-state index in [1.807, 2.05) is 6.08 Å². The number of thioether (sulfide) groups is 1. The molecule has 60 heavy (non-hydrogen) atoms. The highest BCUT2D eigenvalue weighted by atomic mass is 35.9. The second kappa shape index (κ2) is 30.3. The second-order valence-electron chi connectivity index (χ2n) is 12.6. The van der Waals surface area contributed by atoms with Gasteiger partial charge in [0.25, 0.3) is 5.69 Å². The van der Waals surface area contributed by atoms with E-state index < -0.39 is 35.9 Å². The molecule has 1 aliphatic rings. The van der Waals surface area contributed by atoms with Gasteiger partial charge in [-0.1, -0.05) is 79.8 Å². The maximum Gasteiger partial charge on any atom is 0.428 e. The monoisotopic (exact) mass is 929 g/mol. The molecule has 1 saturated heterocycles. The van der Waals surface area contributed by atoms with Gasteiger partial charge in [0.1, 0.15) is 23.2 Å². The summed E-state index contributed by atoms with van der Waals surface area (Å²) in [5.41, 5.74) is 4.54. The molecule has 0 spiro atoms. The van der Waals surface area contributed by atoms with Crippen LogP contribution in [0.1, 0.15) is 70.9 Å². The van der Waals surface area contributed by atoms with Crippen molar-refractivity contribution in [2.75, 3.05) is 37.9 Å². The fourth-order valence-corrected chi connectivity index (χ4v) is 8.16. The van der Waals surface area contributed by atoms with Crippen LogP contribution in [0.25, 0.3) is 0 Å². The Labute approximate surface area is 365 Å². The maximum atomic E-state index is 13.0. The number of anilines is 1. The van der Waals surface area contributed by atoms with E-state index in [9.17, 15) is 28.8 Å². The predicted octanol–water partition coefficient (Wildman–Crippen LogP) is 10.8. The number of nitro groups is 1. The fraction of sp³-hybridized carbons (Fsp3) is 0.425. The highest BCUT2D eigenvalue weighted by Crippen LogP contribution is 2.57. The number of allylic oxidation sites excluding steroid dienone is 12. The number of nitrogens with zero attached hydrogens (tertiary/aromatic N) is 3. The van der Waals surface area contributed by atoms with Crippen LogP contribution in [0, 0.1) is 10.1 Å². The van der Waals surface area contributed by atoms with Crippen LogP contribution in [0.3, 0.4) is 0 Å². The Morgan fingerprint density at radius 2 is 1.55 bits per heavy atom. The summed E-state index contributed by atoms with van der Waals surface area (Å²) in [4.78, 5) is 37.6. The fourth-order valence-electron chi connectivity index (χ4n) is 4.90. The molecule has 2 unspecified atom stereocenters. The summed E-state index contributed by atoms with van der Waals surface area (Å²) in [7, 11) is -2.01. The van der Waals surface area contributed by atoms with Crippen molar-refractivity contribution in [2.45, 2.75) is 76.4 Å². The summed E-state index contributed by atoms with van der Waals surface area (Å²) in [5, 5.41) is 13.1. The van der Waals surface area contributed by atoms with E-state index in [-0.39, 0.29) is 35.9 Å². The van der Waals surface area contributed by atoms with Crippen LogP contribution in [-0.4, -0.2) is 58.0 Å². The second-order valence-corrected chi connectivity index (χ2v) is 20.3. The average molecular weight is 931 g/mol. The van der Waals surface area contributed by atoms with E-state index in [4.69, 9.17) is 42.0 Å². The molecule has 1 amide bonds. The first kappa shape index (κ1) is 52.4. The number of nitrogens with two attached hydrogens (primary N) is 1. The van der Waals surface area contributed by atoms with Crippen molar-refractivity contribution in [2.24, 2.45) is 0 Å². The first-order valence-electron chi connectivity index (χ1n) is 19.3. The molecular weight excluding hydrogens is 875 g/mol. The molecule has 1 aliphatic heterocycles. The van der Waals surface area contributed by atoms with Gasteiger partial charge in [-0.05, 0) is 69.6 Å². The van der Waals surface area contributed by atoms with Gasteiger partial charge in [-0.2, -0.15) is 4.98 Å². The van der Waals surface area contributed by atoms with E-state index in [0.29, 0.717) is 31.6 Å². The molecule has 3 rings (SSSR count). The van der Waals surface area contributed by atoms with Gasteiger partial charge in [0, 0.05) is 66.6 Å². The van der Waals surface area contributed by atoms with Gasteiger partial charge in [0.05, 0.1) is 17.7 Å². The van der Waals surface area contributed by atoms with Crippen molar-refractivity contribution < 1.29 is 37.2 Å². The number of nitrogen functional groups attached to an aromatic ring is 1. The van der Waals surface area contributed by atoms with Crippen molar-refractivity contribution >= 4 is 65.3 Å². The number of rotatable bonds is 26. The molecular formula is C40H55Cl2N5O10P2S. The Morgan fingerprint density at radius 3 is 2.07 bits per heavy atom. The number of hydrogen-bond acceptors (Lipinski definition) is 13. The minimum absolute atomic E-state index is 0.0434. The van der Waals surface area contributed by atoms with Gasteiger partial charge < -0.3 is 29.4 Å². The number of amides is 1. The number of non-ortho nitro benzene ring substituents is 1.